The zero-order valence-corrected chi connectivity index (χ0v) is 12.8. The van der Waals surface area contributed by atoms with Crippen LogP contribution in [0.1, 0.15) is 5.69 Å². The number of aromatic nitrogens is 2. The van der Waals surface area contributed by atoms with E-state index < -0.39 is 0 Å². The van der Waals surface area contributed by atoms with Crippen molar-refractivity contribution in [2.24, 2.45) is 0 Å². The summed E-state index contributed by atoms with van der Waals surface area (Å²) in [4.78, 5) is 12.2. The second kappa shape index (κ2) is 5.29. The van der Waals surface area contributed by atoms with Crippen LogP contribution < -0.4 is 5.56 Å². The normalized spacial score (nSPS) is 11.0. The van der Waals surface area contributed by atoms with Crippen LogP contribution in [0.3, 0.4) is 0 Å². The lowest BCUT2D eigenvalue weighted by molar-refractivity contribution is 0.837. The Kier molecular flexibility index (Phi) is 3.12. The van der Waals surface area contributed by atoms with Gasteiger partial charge in [-0.05, 0) is 29.3 Å². The summed E-state index contributed by atoms with van der Waals surface area (Å²) >= 11 is 0. The number of fused-ring (bicyclic) bond motifs is 1. The zero-order chi connectivity index (χ0) is 15.8. The Labute approximate surface area is 133 Å². The van der Waals surface area contributed by atoms with Gasteiger partial charge in [0.2, 0.25) is 0 Å². The SMILES string of the molecule is Cc1cc(=O)n(-c2ccccc2-c2cccc3ccccc23)[nH]1. The minimum Gasteiger partial charge on any atom is -0.295 e. The van der Waals surface area contributed by atoms with Crippen molar-refractivity contribution in [3.63, 3.8) is 0 Å². The smallest absolute Gasteiger partial charge is 0.271 e. The van der Waals surface area contributed by atoms with E-state index in [1.54, 1.807) is 10.7 Å². The van der Waals surface area contributed by atoms with Crippen molar-refractivity contribution in [3.8, 4) is 16.8 Å². The Morgan fingerprint density at radius 3 is 2.35 bits per heavy atom. The van der Waals surface area contributed by atoms with Gasteiger partial charge in [0.25, 0.3) is 5.56 Å². The van der Waals surface area contributed by atoms with Crippen molar-refractivity contribution in [1.29, 1.82) is 0 Å². The molecule has 0 bridgehead atoms. The molecule has 0 aliphatic carbocycles. The molecule has 0 saturated carbocycles. The first-order valence-corrected chi connectivity index (χ1v) is 7.60. The third-order valence-electron chi connectivity index (χ3n) is 4.07. The van der Waals surface area contributed by atoms with Gasteiger partial charge in [-0.2, -0.15) is 0 Å². The molecule has 112 valence electrons. The quantitative estimate of drug-likeness (QED) is 0.589. The Morgan fingerprint density at radius 1 is 0.826 bits per heavy atom. The maximum atomic E-state index is 12.2. The molecular formula is C20H16N2O. The van der Waals surface area contributed by atoms with E-state index in [9.17, 15) is 4.79 Å². The summed E-state index contributed by atoms with van der Waals surface area (Å²) in [7, 11) is 0. The highest BCUT2D eigenvalue weighted by molar-refractivity contribution is 5.98. The van der Waals surface area contributed by atoms with E-state index in [0.717, 1.165) is 22.5 Å². The lowest BCUT2D eigenvalue weighted by Gasteiger charge is -2.12. The number of hydrogen-bond donors (Lipinski definition) is 1. The first-order chi connectivity index (χ1) is 11.2. The summed E-state index contributed by atoms with van der Waals surface area (Å²) in [6, 6.07) is 24.1. The van der Waals surface area contributed by atoms with E-state index in [4.69, 9.17) is 0 Å². The molecule has 3 nitrogen and oxygen atoms in total. The topological polar surface area (TPSA) is 37.8 Å². The molecule has 0 aliphatic heterocycles. The van der Waals surface area contributed by atoms with E-state index in [1.807, 2.05) is 37.3 Å². The molecule has 0 atom stereocenters. The molecule has 0 aliphatic rings. The molecule has 0 amide bonds. The van der Waals surface area contributed by atoms with Gasteiger partial charge in [-0.3, -0.25) is 9.89 Å². The molecule has 4 aromatic rings. The van der Waals surface area contributed by atoms with Crippen molar-refractivity contribution >= 4 is 10.8 Å². The van der Waals surface area contributed by atoms with Crippen LogP contribution in [0.25, 0.3) is 27.6 Å². The summed E-state index contributed by atoms with van der Waals surface area (Å²) in [5.74, 6) is 0. The van der Waals surface area contributed by atoms with Gasteiger partial charge in [-0.25, -0.2) is 4.68 Å². The third kappa shape index (κ3) is 2.27. The molecule has 1 aromatic heterocycles. The number of benzene rings is 3. The first kappa shape index (κ1) is 13.6. The Hall–Kier alpha value is -3.07. The number of nitrogens with one attached hydrogen (secondary N) is 1. The first-order valence-electron chi connectivity index (χ1n) is 7.60. The molecule has 0 fully saturated rings. The number of aryl methyl sites for hydroxylation is 1. The van der Waals surface area contributed by atoms with Gasteiger partial charge in [-0.1, -0.05) is 60.7 Å². The zero-order valence-electron chi connectivity index (χ0n) is 12.8. The maximum absolute atomic E-state index is 12.2. The summed E-state index contributed by atoms with van der Waals surface area (Å²) in [5.41, 5.74) is 3.82. The fraction of sp³-hybridized carbons (Fsp3) is 0.0500. The van der Waals surface area contributed by atoms with Gasteiger partial charge in [-0.15, -0.1) is 0 Å². The summed E-state index contributed by atoms with van der Waals surface area (Å²) < 4.78 is 1.60. The molecule has 3 aromatic carbocycles. The lowest BCUT2D eigenvalue weighted by Crippen LogP contribution is -2.14. The van der Waals surface area contributed by atoms with Gasteiger partial charge in [0.05, 0.1) is 5.69 Å². The minimum absolute atomic E-state index is 0.0461. The van der Waals surface area contributed by atoms with Crippen molar-refractivity contribution in [2.45, 2.75) is 6.92 Å². The largest absolute Gasteiger partial charge is 0.295 e. The second-order valence-corrected chi connectivity index (χ2v) is 5.66. The molecule has 23 heavy (non-hydrogen) atoms. The van der Waals surface area contributed by atoms with Crippen LogP contribution in [0.4, 0.5) is 0 Å². The van der Waals surface area contributed by atoms with Crippen LogP contribution >= 0.6 is 0 Å². The van der Waals surface area contributed by atoms with Gasteiger partial charge in [0, 0.05) is 17.3 Å². The monoisotopic (exact) mass is 300 g/mol. The standard InChI is InChI=1S/C20H16N2O/c1-14-13-20(23)22(21-14)19-12-5-4-10-18(19)17-11-6-8-15-7-2-3-9-16(15)17/h2-13,21H,1H3. The molecule has 0 spiro atoms. The molecule has 4 rings (SSSR count). The van der Waals surface area contributed by atoms with Crippen LogP contribution in [0, 0.1) is 6.92 Å². The summed E-state index contributed by atoms with van der Waals surface area (Å²) in [6.07, 6.45) is 0. The Morgan fingerprint density at radius 2 is 1.52 bits per heavy atom. The van der Waals surface area contributed by atoms with E-state index in [2.05, 4.69) is 41.5 Å². The fourth-order valence-electron chi connectivity index (χ4n) is 3.05. The van der Waals surface area contributed by atoms with E-state index >= 15 is 0 Å². The maximum Gasteiger partial charge on any atom is 0.271 e. The third-order valence-corrected chi connectivity index (χ3v) is 4.07. The van der Waals surface area contributed by atoms with Gasteiger partial charge in [0.1, 0.15) is 0 Å². The minimum atomic E-state index is -0.0461. The van der Waals surface area contributed by atoms with Crippen molar-refractivity contribution < 1.29 is 0 Å². The Balaban J connectivity index is 2.03. The molecule has 0 unspecified atom stereocenters. The number of aromatic amines is 1. The lowest BCUT2D eigenvalue weighted by atomic mass is 9.97. The van der Waals surface area contributed by atoms with Crippen molar-refractivity contribution in [1.82, 2.24) is 9.78 Å². The average Bonchev–Trinajstić information content (AvgIpc) is 2.92. The molecule has 1 N–H and O–H groups in total. The summed E-state index contributed by atoms with van der Waals surface area (Å²) in [6.45, 7) is 1.89. The number of para-hydroxylation sites is 1. The van der Waals surface area contributed by atoms with E-state index in [0.29, 0.717) is 0 Å². The van der Waals surface area contributed by atoms with Crippen LogP contribution in [-0.2, 0) is 0 Å². The molecule has 0 saturated heterocycles. The highest BCUT2D eigenvalue weighted by Gasteiger charge is 2.11. The second-order valence-electron chi connectivity index (χ2n) is 5.66. The van der Waals surface area contributed by atoms with Gasteiger partial charge >= 0.3 is 0 Å². The predicted molar refractivity (Wildman–Crippen MR) is 94.1 cm³/mol. The Bertz CT molecular complexity index is 1050. The average molecular weight is 300 g/mol. The van der Waals surface area contributed by atoms with Crippen LogP contribution in [0.5, 0.6) is 0 Å². The number of hydrogen-bond acceptors (Lipinski definition) is 1. The molecular weight excluding hydrogens is 284 g/mol. The van der Waals surface area contributed by atoms with Crippen molar-refractivity contribution in [3.05, 3.63) is 88.8 Å². The fourth-order valence-corrected chi connectivity index (χ4v) is 3.05. The van der Waals surface area contributed by atoms with Gasteiger partial charge in [0.15, 0.2) is 0 Å². The molecule has 1 heterocycles. The highest BCUT2D eigenvalue weighted by Crippen LogP contribution is 2.32. The van der Waals surface area contributed by atoms with E-state index in [-0.39, 0.29) is 5.56 Å². The number of H-pyrrole nitrogens is 1. The van der Waals surface area contributed by atoms with Crippen molar-refractivity contribution in [2.75, 3.05) is 0 Å². The number of rotatable bonds is 2. The molecule has 0 radical (unpaired) electrons. The van der Waals surface area contributed by atoms with Crippen LogP contribution in [0.2, 0.25) is 0 Å². The highest BCUT2D eigenvalue weighted by atomic mass is 16.1. The summed E-state index contributed by atoms with van der Waals surface area (Å²) in [5, 5.41) is 5.49. The number of nitrogens with zero attached hydrogens (tertiary/aromatic N) is 1. The van der Waals surface area contributed by atoms with Crippen LogP contribution in [0.15, 0.2) is 77.6 Å². The predicted octanol–water partition coefficient (Wildman–Crippen LogP) is 4.29. The van der Waals surface area contributed by atoms with Crippen LogP contribution in [-0.4, -0.2) is 9.78 Å². The van der Waals surface area contributed by atoms with E-state index in [1.165, 1.54) is 10.8 Å². The van der Waals surface area contributed by atoms with Gasteiger partial charge < -0.3 is 0 Å². The molecule has 3 heteroatoms.